The van der Waals surface area contributed by atoms with E-state index < -0.39 is 5.82 Å². The van der Waals surface area contributed by atoms with Crippen LogP contribution in [0.25, 0.3) is 11.4 Å². The van der Waals surface area contributed by atoms with E-state index in [-0.39, 0.29) is 11.9 Å². The van der Waals surface area contributed by atoms with Gasteiger partial charge in [-0.1, -0.05) is 0 Å². The zero-order chi connectivity index (χ0) is 9.97. The smallest absolute Gasteiger partial charge is 0.141 e. The van der Waals surface area contributed by atoms with Gasteiger partial charge in [0.15, 0.2) is 0 Å². The Labute approximate surface area is 83.0 Å². The van der Waals surface area contributed by atoms with Crippen molar-refractivity contribution in [3.05, 3.63) is 36.4 Å². The first kappa shape index (κ1) is 9.01. The third-order valence-corrected chi connectivity index (χ3v) is 2.04. The van der Waals surface area contributed by atoms with Gasteiger partial charge in [0.05, 0.1) is 11.9 Å². The molecule has 0 fully saturated rings. The molecule has 0 atom stereocenters. The Morgan fingerprint density at radius 1 is 1.29 bits per heavy atom. The van der Waals surface area contributed by atoms with E-state index in [1.165, 1.54) is 16.2 Å². The Morgan fingerprint density at radius 3 is 2.71 bits per heavy atom. The van der Waals surface area contributed by atoms with E-state index in [9.17, 15) is 8.60 Å². The topological polar surface area (TPSA) is 47.8 Å². The Morgan fingerprint density at radius 2 is 2.14 bits per heavy atom. The Kier molecular flexibility index (Phi) is 2.36. The summed E-state index contributed by atoms with van der Waals surface area (Å²) < 4.78 is 24.2. The van der Waals surface area contributed by atoms with Gasteiger partial charge in [0, 0.05) is 6.20 Å². The molecule has 0 spiro atoms. The van der Waals surface area contributed by atoms with Crippen molar-refractivity contribution in [2.75, 3.05) is 0 Å². The van der Waals surface area contributed by atoms with Crippen molar-refractivity contribution in [2.45, 2.75) is 0 Å². The Balaban J connectivity index is 2.39. The minimum Gasteiger partial charge on any atom is -0.251 e. The summed E-state index contributed by atoms with van der Waals surface area (Å²) in [6.45, 7) is 0. The molecule has 0 bridgehead atoms. The van der Waals surface area contributed by atoms with Crippen LogP contribution in [-0.4, -0.2) is 18.4 Å². The molecule has 0 saturated carbocycles. The summed E-state index contributed by atoms with van der Waals surface area (Å²) in [5, 5.41) is 3.94. The molecule has 2 aromatic heterocycles. The van der Waals surface area contributed by atoms with Gasteiger partial charge in [0.25, 0.3) is 0 Å². The number of rotatable bonds is 2. The molecule has 2 aromatic rings. The number of hydrogen-bond donors (Lipinski definition) is 1. The number of hydrogen-bond acceptors (Lipinski definition) is 3. The number of nitrogens with zero attached hydrogens (tertiary/aromatic N) is 3. The van der Waals surface area contributed by atoms with Gasteiger partial charge in [-0.2, -0.15) is 9.19 Å². The summed E-state index contributed by atoms with van der Waals surface area (Å²) in [4.78, 5) is 3.84. The molecule has 0 radical (unpaired) electrons. The summed E-state index contributed by atoms with van der Waals surface area (Å²) in [5.41, 5.74) is 1.11. The number of halogens is 1. The Bertz CT molecular complexity index is 454. The van der Waals surface area contributed by atoms with E-state index in [1.54, 1.807) is 12.3 Å². The molecule has 2 heterocycles. The second-order valence-electron chi connectivity index (χ2n) is 2.56. The quantitative estimate of drug-likeness (QED) is 0.747. The molecule has 0 amide bonds. The van der Waals surface area contributed by atoms with Crippen LogP contribution in [0.2, 0.25) is 0 Å². The van der Waals surface area contributed by atoms with Crippen LogP contribution in [0.5, 0.6) is 0 Å². The zero-order valence-electron chi connectivity index (χ0n) is 6.96. The maximum absolute atomic E-state index is 12.5. The zero-order valence-corrected chi connectivity index (χ0v) is 7.86. The molecule has 2 rings (SSSR count). The van der Waals surface area contributed by atoms with Crippen LogP contribution in [0.4, 0.5) is 4.39 Å². The van der Waals surface area contributed by atoms with Gasteiger partial charge in [0.1, 0.15) is 23.4 Å². The highest BCUT2D eigenvalue weighted by molar-refractivity contribution is 7.63. The molecular formula is C8H6FN3OS. The molecular weight excluding hydrogens is 205 g/mol. The first-order valence-electron chi connectivity index (χ1n) is 3.81. The minimum absolute atomic E-state index is 0.206. The third-order valence-electron chi connectivity index (χ3n) is 1.65. The lowest BCUT2D eigenvalue weighted by atomic mass is 10.3. The predicted molar refractivity (Wildman–Crippen MR) is 50.4 cm³/mol. The van der Waals surface area contributed by atoms with Crippen molar-refractivity contribution in [1.82, 2.24) is 14.2 Å². The van der Waals surface area contributed by atoms with Crippen LogP contribution >= 0.6 is 0 Å². The van der Waals surface area contributed by atoms with Crippen LogP contribution in [0.1, 0.15) is 0 Å². The highest BCUT2D eigenvalue weighted by atomic mass is 32.2. The molecule has 0 aliphatic rings. The second kappa shape index (κ2) is 3.67. The number of pyridine rings is 1. The maximum atomic E-state index is 12.5. The lowest BCUT2D eigenvalue weighted by Gasteiger charge is -1.93. The minimum atomic E-state index is -0.393. The van der Waals surface area contributed by atoms with Crippen LogP contribution in [0.15, 0.2) is 30.6 Å². The van der Waals surface area contributed by atoms with Crippen molar-refractivity contribution < 1.29 is 8.60 Å². The lowest BCUT2D eigenvalue weighted by Crippen LogP contribution is -1.91. The van der Waals surface area contributed by atoms with Crippen LogP contribution in [-0.2, 0) is 11.9 Å². The molecule has 0 aromatic carbocycles. The maximum Gasteiger partial charge on any atom is 0.141 e. The number of thiol groups is 1. The van der Waals surface area contributed by atoms with E-state index in [0.717, 1.165) is 6.20 Å². The van der Waals surface area contributed by atoms with Gasteiger partial charge in [-0.3, -0.25) is 4.98 Å². The molecule has 4 nitrogen and oxygen atoms in total. The summed E-state index contributed by atoms with van der Waals surface area (Å²) in [5.74, 6) is -0.393. The standard InChI is InChI=1S/C8H6FN3OS/c9-6-1-2-7(10-5-6)8-3-4-12(11-8)14-13/h1-5,14H. The molecule has 6 heteroatoms. The summed E-state index contributed by atoms with van der Waals surface area (Å²) in [7, 11) is 0. The molecule has 0 saturated heterocycles. The van der Waals surface area contributed by atoms with Gasteiger partial charge < -0.3 is 0 Å². The van der Waals surface area contributed by atoms with Crippen molar-refractivity contribution in [3.63, 3.8) is 0 Å². The van der Waals surface area contributed by atoms with Crippen LogP contribution in [0.3, 0.4) is 0 Å². The lowest BCUT2D eigenvalue weighted by molar-refractivity contribution is 0.621. The van der Waals surface area contributed by atoms with Crippen LogP contribution < -0.4 is 0 Å². The summed E-state index contributed by atoms with van der Waals surface area (Å²) >= 11 is -0.206. The monoisotopic (exact) mass is 211 g/mol. The van der Waals surface area contributed by atoms with E-state index in [0.29, 0.717) is 11.4 Å². The average Bonchev–Trinajstić information content (AvgIpc) is 2.67. The van der Waals surface area contributed by atoms with Gasteiger partial charge in [-0.15, -0.1) is 0 Å². The fourth-order valence-electron chi connectivity index (χ4n) is 1.02. The average molecular weight is 211 g/mol. The summed E-state index contributed by atoms with van der Waals surface area (Å²) in [6.07, 6.45) is 2.66. The summed E-state index contributed by atoms with van der Waals surface area (Å²) in [6, 6.07) is 4.48. The van der Waals surface area contributed by atoms with E-state index in [2.05, 4.69) is 10.1 Å². The highest BCUT2D eigenvalue weighted by Gasteiger charge is 2.02. The molecule has 14 heavy (non-hydrogen) atoms. The largest absolute Gasteiger partial charge is 0.251 e. The molecule has 0 aliphatic heterocycles. The SMILES string of the molecule is O=[SH]n1ccc(-c2ccc(F)cn2)n1. The fourth-order valence-corrected chi connectivity index (χ4v) is 1.28. The van der Waals surface area contributed by atoms with Crippen molar-refractivity contribution >= 4 is 11.9 Å². The van der Waals surface area contributed by atoms with Crippen molar-refractivity contribution in [2.24, 2.45) is 0 Å². The first-order valence-corrected chi connectivity index (χ1v) is 4.57. The molecule has 0 aliphatic carbocycles. The van der Waals surface area contributed by atoms with Crippen LogP contribution in [0, 0.1) is 5.82 Å². The van der Waals surface area contributed by atoms with E-state index in [4.69, 9.17) is 0 Å². The highest BCUT2D eigenvalue weighted by Crippen LogP contribution is 2.13. The molecule has 0 N–H and O–H groups in total. The molecule has 72 valence electrons. The predicted octanol–water partition coefficient (Wildman–Crippen LogP) is 0.793. The first-order chi connectivity index (χ1) is 6.79. The van der Waals surface area contributed by atoms with E-state index in [1.807, 2.05) is 0 Å². The van der Waals surface area contributed by atoms with Crippen molar-refractivity contribution in [1.29, 1.82) is 0 Å². The fraction of sp³-hybridized carbons (Fsp3) is 0. The van der Waals surface area contributed by atoms with E-state index >= 15 is 0 Å². The van der Waals surface area contributed by atoms with Gasteiger partial charge in [-0.05, 0) is 18.2 Å². The second-order valence-corrected chi connectivity index (χ2v) is 3.14. The number of aromatic nitrogens is 3. The van der Waals surface area contributed by atoms with Crippen molar-refractivity contribution in [3.8, 4) is 11.4 Å². The molecule has 0 unspecified atom stereocenters. The van der Waals surface area contributed by atoms with Gasteiger partial charge in [-0.25, -0.2) is 8.60 Å². The van der Waals surface area contributed by atoms with Gasteiger partial charge in [0.2, 0.25) is 0 Å². The van der Waals surface area contributed by atoms with Gasteiger partial charge >= 0.3 is 0 Å². The normalized spacial score (nSPS) is 10.4. The third kappa shape index (κ3) is 1.69. The Hall–Kier alpha value is -1.56.